The highest BCUT2D eigenvalue weighted by molar-refractivity contribution is 7.99. The average molecular weight is 444 g/mol. The second-order valence-corrected chi connectivity index (χ2v) is 8.33. The van der Waals surface area contributed by atoms with Crippen LogP contribution in [0.4, 0.5) is 4.39 Å². The monoisotopic (exact) mass is 443 g/mol. The predicted octanol–water partition coefficient (Wildman–Crippen LogP) is 4.82. The van der Waals surface area contributed by atoms with Crippen molar-refractivity contribution in [3.05, 3.63) is 71.7 Å². The molecule has 31 heavy (non-hydrogen) atoms. The first-order valence-electron chi connectivity index (χ1n) is 10.1. The van der Waals surface area contributed by atoms with E-state index in [-0.39, 0.29) is 37.5 Å². The number of hydrogen-bond acceptors (Lipinski definition) is 6. The second-order valence-electron chi connectivity index (χ2n) is 7.27. The summed E-state index contributed by atoms with van der Waals surface area (Å²) in [4.78, 5) is 20.7. The van der Waals surface area contributed by atoms with E-state index in [9.17, 15) is 9.18 Å². The van der Waals surface area contributed by atoms with Crippen LogP contribution < -0.4 is 0 Å². The van der Waals surface area contributed by atoms with Gasteiger partial charge in [-0.1, -0.05) is 31.7 Å². The van der Waals surface area contributed by atoms with Crippen molar-refractivity contribution < 1.29 is 18.7 Å². The SMILES string of the molecule is CC(=O)OCCOCc1nc(C(C)C)c(Sc2cccc(F)c2)n1Cc1ccncc1. The van der Waals surface area contributed by atoms with Crippen molar-refractivity contribution in [2.75, 3.05) is 13.2 Å². The van der Waals surface area contributed by atoms with Gasteiger partial charge >= 0.3 is 5.97 Å². The first-order valence-corrected chi connectivity index (χ1v) is 10.9. The van der Waals surface area contributed by atoms with Crippen molar-refractivity contribution in [3.63, 3.8) is 0 Å². The zero-order valence-electron chi connectivity index (χ0n) is 17.9. The molecule has 8 heteroatoms. The molecular formula is C23H26FN3O3S. The van der Waals surface area contributed by atoms with Crippen molar-refractivity contribution in [1.29, 1.82) is 0 Å². The molecule has 164 valence electrons. The Morgan fingerprint density at radius 3 is 2.65 bits per heavy atom. The number of carbonyl (C=O) groups excluding carboxylic acids is 1. The van der Waals surface area contributed by atoms with Crippen molar-refractivity contribution in [1.82, 2.24) is 14.5 Å². The van der Waals surface area contributed by atoms with Crippen LogP contribution >= 0.6 is 11.8 Å². The highest BCUT2D eigenvalue weighted by Crippen LogP contribution is 2.35. The van der Waals surface area contributed by atoms with E-state index in [1.165, 1.54) is 30.8 Å². The van der Waals surface area contributed by atoms with Gasteiger partial charge in [0.2, 0.25) is 0 Å². The Hall–Kier alpha value is -2.71. The molecule has 2 aromatic heterocycles. The molecular weight excluding hydrogens is 417 g/mol. The maximum absolute atomic E-state index is 13.8. The predicted molar refractivity (Wildman–Crippen MR) is 116 cm³/mol. The molecule has 0 aliphatic carbocycles. The Morgan fingerprint density at radius 2 is 1.97 bits per heavy atom. The molecule has 0 amide bonds. The third-order valence-corrected chi connectivity index (χ3v) is 5.55. The van der Waals surface area contributed by atoms with E-state index in [2.05, 4.69) is 23.4 Å². The van der Waals surface area contributed by atoms with Crippen LogP contribution in [-0.2, 0) is 27.4 Å². The minimum Gasteiger partial charge on any atom is -0.463 e. The van der Waals surface area contributed by atoms with Gasteiger partial charge in [-0.15, -0.1) is 0 Å². The fourth-order valence-electron chi connectivity index (χ4n) is 2.98. The molecule has 2 heterocycles. The van der Waals surface area contributed by atoms with Crippen LogP contribution in [0.5, 0.6) is 0 Å². The summed E-state index contributed by atoms with van der Waals surface area (Å²) in [6.45, 7) is 6.87. The van der Waals surface area contributed by atoms with E-state index in [1.807, 2.05) is 18.2 Å². The highest BCUT2D eigenvalue weighted by Gasteiger charge is 2.21. The summed E-state index contributed by atoms with van der Waals surface area (Å²) in [6, 6.07) is 10.5. The third-order valence-electron chi connectivity index (χ3n) is 4.44. The van der Waals surface area contributed by atoms with Crippen LogP contribution in [0.25, 0.3) is 0 Å². The molecule has 0 saturated carbocycles. The fraction of sp³-hybridized carbons (Fsp3) is 0.348. The topological polar surface area (TPSA) is 66.2 Å². The van der Waals surface area contributed by atoms with E-state index in [0.29, 0.717) is 6.54 Å². The lowest BCUT2D eigenvalue weighted by molar-refractivity contribution is -0.142. The van der Waals surface area contributed by atoms with E-state index >= 15 is 0 Å². The molecule has 1 aromatic carbocycles. The molecule has 6 nitrogen and oxygen atoms in total. The molecule has 0 aliphatic rings. The maximum atomic E-state index is 13.8. The Balaban J connectivity index is 1.91. The van der Waals surface area contributed by atoms with Crippen LogP contribution in [-0.4, -0.2) is 33.7 Å². The summed E-state index contributed by atoms with van der Waals surface area (Å²) >= 11 is 1.49. The Bertz CT molecular complexity index is 1010. The van der Waals surface area contributed by atoms with Crippen LogP contribution in [0.2, 0.25) is 0 Å². The molecule has 0 radical (unpaired) electrons. The van der Waals surface area contributed by atoms with Crippen LogP contribution in [0.15, 0.2) is 58.7 Å². The minimum absolute atomic E-state index is 0.176. The van der Waals surface area contributed by atoms with Crippen LogP contribution in [0, 0.1) is 5.82 Å². The summed E-state index contributed by atoms with van der Waals surface area (Å²) in [7, 11) is 0. The number of aromatic nitrogens is 3. The number of nitrogens with zero attached hydrogens (tertiary/aromatic N) is 3. The molecule has 0 bridgehead atoms. The molecule has 0 atom stereocenters. The second kappa shape index (κ2) is 11.1. The van der Waals surface area contributed by atoms with Gasteiger partial charge in [-0.05, 0) is 41.8 Å². The smallest absolute Gasteiger partial charge is 0.302 e. The van der Waals surface area contributed by atoms with Crippen molar-refractivity contribution >= 4 is 17.7 Å². The van der Waals surface area contributed by atoms with Gasteiger partial charge in [0.15, 0.2) is 0 Å². The number of esters is 1. The summed E-state index contributed by atoms with van der Waals surface area (Å²) in [5.74, 6) is 0.334. The van der Waals surface area contributed by atoms with E-state index in [4.69, 9.17) is 14.5 Å². The molecule has 3 rings (SSSR count). The number of imidazole rings is 1. The fourth-order valence-corrected chi connectivity index (χ4v) is 4.19. The molecule has 3 aromatic rings. The molecule has 0 fully saturated rings. The number of hydrogen-bond donors (Lipinski definition) is 0. The standard InChI is InChI=1S/C23H26FN3O3S/c1-16(2)22-23(31-20-6-4-5-19(24)13-20)27(14-18-7-9-25-10-8-18)21(26-22)15-29-11-12-30-17(3)28/h4-10,13,16H,11-12,14-15H2,1-3H3. The van der Waals surface area contributed by atoms with Gasteiger partial charge in [-0.3, -0.25) is 9.78 Å². The van der Waals surface area contributed by atoms with Gasteiger partial charge in [0.05, 0.1) is 18.8 Å². The Morgan fingerprint density at radius 1 is 1.19 bits per heavy atom. The lowest BCUT2D eigenvalue weighted by atomic mass is 10.1. The number of ether oxygens (including phenoxy) is 2. The lowest BCUT2D eigenvalue weighted by Crippen LogP contribution is -2.11. The van der Waals surface area contributed by atoms with E-state index < -0.39 is 0 Å². The molecule has 0 unspecified atom stereocenters. The molecule has 0 spiro atoms. The first-order chi connectivity index (χ1) is 14.9. The van der Waals surface area contributed by atoms with Crippen LogP contribution in [0.3, 0.4) is 0 Å². The first kappa shape index (κ1) is 23.0. The van der Waals surface area contributed by atoms with Gasteiger partial charge in [0.25, 0.3) is 0 Å². The maximum Gasteiger partial charge on any atom is 0.302 e. The van der Waals surface area contributed by atoms with Crippen molar-refractivity contribution in [3.8, 4) is 0 Å². The molecule has 0 N–H and O–H groups in total. The van der Waals surface area contributed by atoms with Crippen molar-refractivity contribution in [2.45, 2.75) is 49.8 Å². The van der Waals surface area contributed by atoms with Gasteiger partial charge in [0.1, 0.15) is 29.9 Å². The molecule has 0 saturated heterocycles. The van der Waals surface area contributed by atoms with E-state index in [0.717, 1.165) is 27.0 Å². The van der Waals surface area contributed by atoms with Gasteiger partial charge < -0.3 is 14.0 Å². The molecule has 0 aliphatic heterocycles. The number of carbonyl (C=O) groups is 1. The zero-order chi connectivity index (χ0) is 22.2. The number of pyridine rings is 1. The number of rotatable bonds is 10. The lowest BCUT2D eigenvalue weighted by Gasteiger charge is -2.14. The average Bonchev–Trinajstić information content (AvgIpc) is 3.06. The summed E-state index contributed by atoms with van der Waals surface area (Å²) < 4.78 is 26.5. The van der Waals surface area contributed by atoms with E-state index in [1.54, 1.807) is 18.5 Å². The normalized spacial score (nSPS) is 11.1. The zero-order valence-corrected chi connectivity index (χ0v) is 18.7. The number of halogens is 1. The minimum atomic E-state index is -0.335. The van der Waals surface area contributed by atoms with Gasteiger partial charge in [0, 0.05) is 24.2 Å². The highest BCUT2D eigenvalue weighted by atomic mass is 32.2. The summed E-state index contributed by atoms with van der Waals surface area (Å²) in [6.07, 6.45) is 3.51. The largest absolute Gasteiger partial charge is 0.463 e. The third kappa shape index (κ3) is 6.63. The van der Waals surface area contributed by atoms with Gasteiger partial charge in [-0.25, -0.2) is 9.37 Å². The van der Waals surface area contributed by atoms with Crippen LogP contribution in [0.1, 0.15) is 43.8 Å². The summed E-state index contributed by atoms with van der Waals surface area (Å²) in [5, 5.41) is 0.955. The Kier molecular flexibility index (Phi) is 8.20. The summed E-state index contributed by atoms with van der Waals surface area (Å²) in [5.41, 5.74) is 2.01. The number of benzene rings is 1. The quantitative estimate of drug-likeness (QED) is 0.331. The Labute approximate surface area is 185 Å². The van der Waals surface area contributed by atoms with Gasteiger partial charge in [-0.2, -0.15) is 0 Å². The van der Waals surface area contributed by atoms with Crippen molar-refractivity contribution in [2.24, 2.45) is 0 Å².